The van der Waals surface area contributed by atoms with Gasteiger partial charge in [-0.1, -0.05) is 0 Å². The number of carbonyl (C=O) groups excluding carboxylic acids is 2. The van der Waals surface area contributed by atoms with Crippen molar-refractivity contribution in [3.63, 3.8) is 0 Å². The van der Waals surface area contributed by atoms with Gasteiger partial charge in [-0.2, -0.15) is 0 Å². The summed E-state index contributed by atoms with van der Waals surface area (Å²) in [5, 5.41) is 8.58. The van der Waals surface area contributed by atoms with E-state index in [9.17, 15) is 14.4 Å². The van der Waals surface area contributed by atoms with Crippen molar-refractivity contribution in [3.8, 4) is 0 Å². The van der Waals surface area contributed by atoms with E-state index in [-0.39, 0.29) is 0 Å². The van der Waals surface area contributed by atoms with Crippen molar-refractivity contribution < 1.29 is 19.5 Å². The van der Waals surface area contributed by atoms with Crippen LogP contribution in [0.5, 0.6) is 0 Å². The van der Waals surface area contributed by atoms with Crippen LogP contribution in [0.15, 0.2) is 18.2 Å². The summed E-state index contributed by atoms with van der Waals surface area (Å²) in [6.45, 7) is 3.85. The molecule has 0 atom stereocenters. The largest absolute Gasteiger partial charge is 0.478 e. The number of hydrogen-bond acceptors (Lipinski definition) is 4. The molecular formula is C14H16N2O4S. The van der Waals surface area contributed by atoms with Crippen LogP contribution in [-0.4, -0.2) is 52.3 Å². The number of carboxylic acid groups (broad SMARTS) is 1. The summed E-state index contributed by atoms with van der Waals surface area (Å²) in [7, 11) is 0. The molecule has 1 aliphatic rings. The van der Waals surface area contributed by atoms with E-state index in [1.165, 1.54) is 27.2 Å². The third-order valence-corrected chi connectivity index (χ3v) is 4.23. The van der Waals surface area contributed by atoms with Crippen LogP contribution < -0.4 is 0 Å². The molecule has 0 bridgehead atoms. The molecule has 2 rings (SSSR count). The lowest BCUT2D eigenvalue weighted by molar-refractivity contribution is -0.156. The van der Waals surface area contributed by atoms with Crippen molar-refractivity contribution in [3.05, 3.63) is 28.0 Å². The molecule has 1 saturated heterocycles. The minimum atomic E-state index is -0.999. The van der Waals surface area contributed by atoms with Gasteiger partial charge in [-0.25, -0.2) is 4.79 Å². The lowest BCUT2D eigenvalue weighted by Crippen LogP contribution is -2.53. The first kappa shape index (κ1) is 15.2. The molecule has 21 heavy (non-hydrogen) atoms. The van der Waals surface area contributed by atoms with Gasteiger partial charge < -0.3 is 14.9 Å². The number of likely N-dealkylation sites (N-methyl/N-ethyl adjacent to an activating group) is 1. The average Bonchev–Trinajstić information content (AvgIpc) is 2.90. The maximum Gasteiger partial charge on any atom is 0.328 e. The number of rotatable bonds is 5. The van der Waals surface area contributed by atoms with Crippen LogP contribution in [-0.2, 0) is 20.9 Å². The normalized spacial score (nSPS) is 16.0. The predicted molar refractivity (Wildman–Crippen MR) is 78.7 cm³/mol. The van der Waals surface area contributed by atoms with Crippen molar-refractivity contribution in [2.24, 2.45) is 0 Å². The minimum absolute atomic E-state index is 0.383. The molecule has 2 heterocycles. The third kappa shape index (κ3) is 3.69. The fraction of sp³-hybridized carbons (Fsp3) is 0.357. The molecule has 0 saturated carbocycles. The first-order chi connectivity index (χ1) is 10.0. The van der Waals surface area contributed by atoms with Crippen LogP contribution in [0.25, 0.3) is 6.08 Å². The standard InChI is InChI=1S/C14H16N2O4S/c1-2-15-7-8-16(14(20)13(15)19)9-11-4-3-10(21-11)5-6-12(17)18/h3-6H,2,7-9H2,1H3,(H,17,18). The molecule has 1 aromatic rings. The predicted octanol–water partition coefficient (Wildman–Crippen LogP) is 1.04. The van der Waals surface area contributed by atoms with Crippen LogP contribution in [0.1, 0.15) is 16.7 Å². The fourth-order valence-electron chi connectivity index (χ4n) is 2.08. The first-order valence-corrected chi connectivity index (χ1v) is 7.40. The number of hydrogen-bond donors (Lipinski definition) is 1. The van der Waals surface area contributed by atoms with Crippen LogP contribution in [0.3, 0.4) is 0 Å². The maximum absolute atomic E-state index is 12.0. The summed E-state index contributed by atoms with van der Waals surface area (Å²) in [5.74, 6) is -1.92. The zero-order chi connectivity index (χ0) is 15.4. The molecule has 0 spiro atoms. The molecule has 1 fully saturated rings. The van der Waals surface area contributed by atoms with E-state index in [2.05, 4.69) is 0 Å². The Hall–Kier alpha value is -2.15. The fourth-order valence-corrected chi connectivity index (χ4v) is 3.01. The van der Waals surface area contributed by atoms with E-state index in [1.807, 2.05) is 13.0 Å². The van der Waals surface area contributed by atoms with Crippen molar-refractivity contribution >= 4 is 35.2 Å². The average molecular weight is 308 g/mol. The Morgan fingerprint density at radius 2 is 1.95 bits per heavy atom. The molecule has 0 aromatic carbocycles. The Morgan fingerprint density at radius 3 is 2.62 bits per heavy atom. The first-order valence-electron chi connectivity index (χ1n) is 6.59. The van der Waals surface area contributed by atoms with Gasteiger partial charge in [0.1, 0.15) is 0 Å². The highest BCUT2D eigenvalue weighted by Gasteiger charge is 2.31. The van der Waals surface area contributed by atoms with E-state index < -0.39 is 17.8 Å². The zero-order valence-electron chi connectivity index (χ0n) is 11.6. The van der Waals surface area contributed by atoms with Crippen molar-refractivity contribution in [2.75, 3.05) is 19.6 Å². The second-order valence-corrected chi connectivity index (χ2v) is 5.79. The van der Waals surface area contributed by atoms with Crippen molar-refractivity contribution in [1.29, 1.82) is 0 Å². The zero-order valence-corrected chi connectivity index (χ0v) is 12.4. The highest BCUT2D eigenvalue weighted by molar-refractivity contribution is 7.12. The molecule has 6 nitrogen and oxygen atoms in total. The second kappa shape index (κ2) is 6.53. The van der Waals surface area contributed by atoms with E-state index in [0.717, 1.165) is 15.8 Å². The number of amides is 2. The topological polar surface area (TPSA) is 77.9 Å². The highest BCUT2D eigenvalue weighted by Crippen LogP contribution is 2.20. The van der Waals surface area contributed by atoms with Crippen LogP contribution >= 0.6 is 11.3 Å². The van der Waals surface area contributed by atoms with Crippen LogP contribution in [0.2, 0.25) is 0 Å². The quantitative estimate of drug-likeness (QED) is 0.651. The van der Waals surface area contributed by atoms with Gasteiger partial charge in [0.15, 0.2) is 0 Å². The lowest BCUT2D eigenvalue weighted by Gasteiger charge is -2.32. The molecule has 2 amide bonds. The number of carbonyl (C=O) groups is 3. The molecule has 0 unspecified atom stereocenters. The Morgan fingerprint density at radius 1 is 1.29 bits per heavy atom. The second-order valence-electron chi connectivity index (χ2n) is 4.59. The highest BCUT2D eigenvalue weighted by atomic mass is 32.1. The van der Waals surface area contributed by atoms with E-state index >= 15 is 0 Å². The van der Waals surface area contributed by atoms with Crippen LogP contribution in [0, 0.1) is 0 Å². The summed E-state index contributed by atoms with van der Waals surface area (Å²) < 4.78 is 0. The summed E-state index contributed by atoms with van der Waals surface area (Å²) in [5.41, 5.74) is 0. The molecule has 0 radical (unpaired) electrons. The molecule has 112 valence electrons. The number of nitrogens with zero attached hydrogens (tertiary/aromatic N) is 2. The molecule has 1 aromatic heterocycles. The molecule has 0 aliphatic carbocycles. The maximum atomic E-state index is 12.0. The Balaban J connectivity index is 2.01. The van der Waals surface area contributed by atoms with Gasteiger partial charge in [-0.3, -0.25) is 9.59 Å². The summed E-state index contributed by atoms with van der Waals surface area (Å²) >= 11 is 1.41. The SMILES string of the molecule is CCN1CCN(Cc2ccc(C=CC(=O)O)s2)C(=O)C1=O. The monoisotopic (exact) mass is 308 g/mol. The third-order valence-electron chi connectivity index (χ3n) is 3.20. The van der Waals surface area contributed by atoms with Crippen molar-refractivity contribution in [1.82, 2.24) is 9.80 Å². The Bertz CT molecular complexity index is 594. The van der Waals surface area contributed by atoms with E-state index in [1.54, 1.807) is 6.07 Å². The number of aliphatic carboxylic acids is 1. The Labute approximate surface area is 126 Å². The smallest absolute Gasteiger partial charge is 0.328 e. The summed E-state index contributed by atoms with van der Waals surface area (Å²) in [6, 6.07) is 3.64. The molecule has 1 aliphatic heterocycles. The minimum Gasteiger partial charge on any atom is -0.478 e. The van der Waals surface area contributed by atoms with E-state index in [0.29, 0.717) is 26.2 Å². The molecule has 7 heteroatoms. The van der Waals surface area contributed by atoms with Crippen LogP contribution in [0.4, 0.5) is 0 Å². The van der Waals surface area contributed by atoms with Gasteiger partial charge in [0, 0.05) is 35.5 Å². The summed E-state index contributed by atoms with van der Waals surface area (Å²) in [4.78, 5) is 39.0. The number of piperazine rings is 1. The molecular weight excluding hydrogens is 292 g/mol. The van der Waals surface area contributed by atoms with Gasteiger partial charge in [0.05, 0.1) is 6.54 Å². The summed E-state index contributed by atoms with van der Waals surface area (Å²) in [6.07, 6.45) is 2.59. The van der Waals surface area contributed by atoms with Gasteiger partial charge in [-0.05, 0) is 25.1 Å². The molecule has 1 N–H and O–H groups in total. The van der Waals surface area contributed by atoms with Crippen molar-refractivity contribution in [2.45, 2.75) is 13.5 Å². The van der Waals surface area contributed by atoms with Gasteiger partial charge >= 0.3 is 17.8 Å². The van der Waals surface area contributed by atoms with E-state index in [4.69, 9.17) is 5.11 Å². The lowest BCUT2D eigenvalue weighted by atomic mass is 10.2. The number of thiophene rings is 1. The number of carboxylic acids is 1. The van der Waals surface area contributed by atoms with Gasteiger partial charge in [-0.15, -0.1) is 11.3 Å². The Kier molecular flexibility index (Phi) is 4.74. The van der Waals surface area contributed by atoms with Gasteiger partial charge in [0.2, 0.25) is 0 Å². The van der Waals surface area contributed by atoms with Gasteiger partial charge in [0.25, 0.3) is 0 Å².